The van der Waals surface area contributed by atoms with E-state index in [1.807, 2.05) is 0 Å². The van der Waals surface area contributed by atoms with E-state index in [-0.39, 0.29) is 5.90 Å². The number of aromatic nitrogens is 1. The molecule has 0 aliphatic rings. The first-order chi connectivity index (χ1) is 14.0. The Bertz CT molecular complexity index is 1050. The second-order valence-electron chi connectivity index (χ2n) is 5.84. The number of para-hydroxylation sites is 1. The van der Waals surface area contributed by atoms with Gasteiger partial charge in [-0.1, -0.05) is 12.1 Å². The van der Waals surface area contributed by atoms with Crippen LogP contribution in [0.15, 0.2) is 71.3 Å². The van der Waals surface area contributed by atoms with E-state index in [4.69, 9.17) is 11.3 Å². The molecular formula is C20H16BrN5O3. The lowest BCUT2D eigenvalue weighted by molar-refractivity contribution is 0.102. The number of pyridine rings is 1. The molecule has 146 valence electrons. The molecule has 3 aromatic rings. The Balaban J connectivity index is 1.76. The van der Waals surface area contributed by atoms with Crippen LogP contribution in [0.4, 0.5) is 11.5 Å². The Morgan fingerprint density at radius 1 is 0.931 bits per heavy atom. The van der Waals surface area contributed by atoms with Crippen molar-refractivity contribution in [1.29, 1.82) is 5.41 Å². The number of hydrogen-bond donors (Lipinski definition) is 4. The Kier molecular flexibility index (Phi) is 6.32. The lowest BCUT2D eigenvalue weighted by atomic mass is 10.1. The molecule has 5 N–H and O–H groups in total. The molecule has 9 heteroatoms. The van der Waals surface area contributed by atoms with Crippen LogP contribution in [0.2, 0.25) is 0 Å². The summed E-state index contributed by atoms with van der Waals surface area (Å²) in [6, 6.07) is 16.2. The fourth-order valence-corrected chi connectivity index (χ4v) is 2.69. The van der Waals surface area contributed by atoms with Crippen LogP contribution >= 0.6 is 15.9 Å². The minimum absolute atomic E-state index is 0.208. The number of hydrogen-bond acceptors (Lipinski definition) is 6. The SMILES string of the molecule is N=C(ON)c1ccc(C(=O)Nc2ccccc2C(=O)Nc2ccc(Br)cn2)cc1. The summed E-state index contributed by atoms with van der Waals surface area (Å²) in [6.45, 7) is 0. The molecule has 1 aromatic heterocycles. The van der Waals surface area contributed by atoms with Gasteiger partial charge in [0.1, 0.15) is 5.82 Å². The van der Waals surface area contributed by atoms with Gasteiger partial charge in [0.05, 0.1) is 11.3 Å². The quantitative estimate of drug-likeness (QED) is 0.266. The molecule has 0 aliphatic heterocycles. The van der Waals surface area contributed by atoms with E-state index in [0.717, 1.165) is 4.47 Å². The van der Waals surface area contributed by atoms with Gasteiger partial charge in [-0.25, -0.2) is 4.98 Å². The first-order valence-electron chi connectivity index (χ1n) is 8.37. The average Bonchev–Trinajstić information content (AvgIpc) is 2.75. The molecule has 2 amide bonds. The lowest BCUT2D eigenvalue weighted by Crippen LogP contribution is -2.18. The lowest BCUT2D eigenvalue weighted by Gasteiger charge is -2.11. The van der Waals surface area contributed by atoms with Crippen molar-refractivity contribution < 1.29 is 14.4 Å². The highest BCUT2D eigenvalue weighted by atomic mass is 79.9. The minimum Gasteiger partial charge on any atom is -0.391 e. The van der Waals surface area contributed by atoms with Crippen LogP contribution in [0, 0.1) is 5.41 Å². The summed E-state index contributed by atoms with van der Waals surface area (Å²) < 4.78 is 0.794. The monoisotopic (exact) mass is 453 g/mol. The molecule has 0 bridgehead atoms. The topological polar surface area (TPSA) is 130 Å². The molecule has 3 rings (SSSR count). The highest BCUT2D eigenvalue weighted by molar-refractivity contribution is 9.10. The number of carbonyl (C=O) groups is 2. The first-order valence-corrected chi connectivity index (χ1v) is 9.16. The number of anilines is 2. The van der Waals surface area contributed by atoms with Gasteiger partial charge in [-0.15, -0.1) is 0 Å². The van der Waals surface area contributed by atoms with Gasteiger partial charge in [-0.3, -0.25) is 15.0 Å². The van der Waals surface area contributed by atoms with Gasteiger partial charge in [0.15, 0.2) is 0 Å². The summed E-state index contributed by atoms with van der Waals surface area (Å²) in [5.41, 5.74) is 1.43. The van der Waals surface area contributed by atoms with E-state index in [1.165, 1.54) is 12.1 Å². The Morgan fingerprint density at radius 3 is 2.28 bits per heavy atom. The van der Waals surface area contributed by atoms with E-state index in [0.29, 0.717) is 28.2 Å². The maximum atomic E-state index is 12.6. The number of carbonyl (C=O) groups excluding carboxylic acids is 2. The third-order valence-electron chi connectivity index (χ3n) is 3.92. The fraction of sp³-hybridized carbons (Fsp3) is 0. The van der Waals surface area contributed by atoms with Crippen LogP contribution in [0.1, 0.15) is 26.3 Å². The van der Waals surface area contributed by atoms with Crippen LogP contribution in [-0.2, 0) is 4.84 Å². The number of halogens is 1. The van der Waals surface area contributed by atoms with Crippen molar-refractivity contribution >= 4 is 45.1 Å². The molecule has 29 heavy (non-hydrogen) atoms. The summed E-state index contributed by atoms with van der Waals surface area (Å²) in [4.78, 5) is 33.7. The van der Waals surface area contributed by atoms with Crippen molar-refractivity contribution in [3.8, 4) is 0 Å². The van der Waals surface area contributed by atoms with Gasteiger partial charge in [-0.05, 0) is 64.5 Å². The van der Waals surface area contributed by atoms with E-state index in [9.17, 15) is 9.59 Å². The summed E-state index contributed by atoms with van der Waals surface area (Å²) >= 11 is 3.29. The van der Waals surface area contributed by atoms with Crippen molar-refractivity contribution in [2.45, 2.75) is 0 Å². The van der Waals surface area contributed by atoms with Crippen molar-refractivity contribution in [3.63, 3.8) is 0 Å². The minimum atomic E-state index is -0.404. The van der Waals surface area contributed by atoms with Crippen molar-refractivity contribution in [2.24, 2.45) is 5.90 Å². The standard InChI is InChI=1S/C20H16BrN5O3/c21-14-9-10-17(24-11-14)26-20(28)15-3-1-2-4-16(15)25-19(27)13-7-5-12(6-8-13)18(22)29-23/h1-11,22H,23H2,(H,25,27)(H,24,26,28). The average molecular weight is 454 g/mol. The van der Waals surface area contributed by atoms with Gasteiger partial charge >= 0.3 is 0 Å². The second kappa shape index (κ2) is 9.09. The molecule has 0 unspecified atom stereocenters. The smallest absolute Gasteiger partial charge is 0.258 e. The van der Waals surface area contributed by atoms with Crippen LogP contribution < -0.4 is 16.5 Å². The Labute approximate surface area is 174 Å². The Morgan fingerprint density at radius 2 is 1.62 bits per heavy atom. The van der Waals surface area contributed by atoms with Gasteiger partial charge in [-0.2, -0.15) is 5.90 Å². The van der Waals surface area contributed by atoms with Crippen LogP contribution in [0.3, 0.4) is 0 Å². The molecule has 8 nitrogen and oxygen atoms in total. The third-order valence-corrected chi connectivity index (χ3v) is 4.39. The number of benzene rings is 2. The maximum Gasteiger partial charge on any atom is 0.258 e. The van der Waals surface area contributed by atoms with Gasteiger partial charge in [0, 0.05) is 21.8 Å². The zero-order chi connectivity index (χ0) is 20.8. The largest absolute Gasteiger partial charge is 0.391 e. The predicted molar refractivity (Wildman–Crippen MR) is 113 cm³/mol. The fourth-order valence-electron chi connectivity index (χ4n) is 2.46. The molecular weight excluding hydrogens is 438 g/mol. The molecule has 0 aliphatic carbocycles. The second-order valence-corrected chi connectivity index (χ2v) is 6.76. The van der Waals surface area contributed by atoms with Gasteiger partial charge in [0.25, 0.3) is 11.8 Å². The molecule has 1 heterocycles. The molecule has 0 fully saturated rings. The summed E-state index contributed by atoms with van der Waals surface area (Å²) in [7, 11) is 0. The number of nitrogens with zero attached hydrogens (tertiary/aromatic N) is 1. The number of rotatable bonds is 5. The van der Waals surface area contributed by atoms with Crippen molar-refractivity contribution in [1.82, 2.24) is 4.98 Å². The van der Waals surface area contributed by atoms with Crippen LogP contribution in [0.25, 0.3) is 0 Å². The van der Waals surface area contributed by atoms with E-state index >= 15 is 0 Å². The summed E-state index contributed by atoms with van der Waals surface area (Å²) in [6.07, 6.45) is 1.57. The molecule has 0 saturated carbocycles. The maximum absolute atomic E-state index is 12.6. The molecule has 2 aromatic carbocycles. The van der Waals surface area contributed by atoms with E-state index < -0.39 is 11.8 Å². The predicted octanol–water partition coefficient (Wildman–Crippen LogP) is 3.56. The van der Waals surface area contributed by atoms with Crippen molar-refractivity contribution in [2.75, 3.05) is 10.6 Å². The summed E-state index contributed by atoms with van der Waals surface area (Å²) in [5.74, 6) is 4.34. The van der Waals surface area contributed by atoms with Gasteiger partial charge < -0.3 is 15.5 Å². The first kappa shape index (κ1) is 20.2. The zero-order valence-corrected chi connectivity index (χ0v) is 16.6. The van der Waals surface area contributed by atoms with E-state index in [1.54, 1.807) is 54.7 Å². The Hall–Kier alpha value is -3.56. The molecule has 0 radical (unpaired) electrons. The zero-order valence-electron chi connectivity index (χ0n) is 15.0. The molecule has 0 spiro atoms. The summed E-state index contributed by atoms with van der Waals surface area (Å²) in [5, 5.41) is 12.9. The number of amides is 2. The van der Waals surface area contributed by atoms with E-state index in [2.05, 4.69) is 36.4 Å². The normalized spacial score (nSPS) is 10.1. The molecule has 0 saturated heterocycles. The molecule has 0 atom stereocenters. The van der Waals surface area contributed by atoms with Crippen LogP contribution in [-0.4, -0.2) is 22.7 Å². The highest BCUT2D eigenvalue weighted by Gasteiger charge is 2.15. The van der Waals surface area contributed by atoms with Crippen LogP contribution in [0.5, 0.6) is 0 Å². The van der Waals surface area contributed by atoms with Gasteiger partial charge in [0.2, 0.25) is 5.90 Å². The van der Waals surface area contributed by atoms with Crippen molar-refractivity contribution in [3.05, 3.63) is 88.0 Å². The highest BCUT2D eigenvalue weighted by Crippen LogP contribution is 2.19. The number of nitrogens with one attached hydrogen (secondary N) is 3. The third kappa shape index (κ3) is 5.03. The number of nitrogens with two attached hydrogens (primary N) is 1.